The van der Waals surface area contributed by atoms with Crippen molar-refractivity contribution in [1.29, 1.82) is 0 Å². The molecule has 72 valence electrons. The van der Waals surface area contributed by atoms with Gasteiger partial charge in [-0.15, -0.1) is 0 Å². The molecule has 0 saturated carbocycles. The number of rotatable bonds is 0. The number of hydrogen-bond donors (Lipinski definition) is 0. The van der Waals surface area contributed by atoms with Crippen LogP contribution in [-0.4, -0.2) is 0 Å². The maximum Gasteiger partial charge on any atom is 0.165 e. The molecule has 1 aromatic carbocycles. The lowest BCUT2D eigenvalue weighted by atomic mass is 9.86. The van der Waals surface area contributed by atoms with Crippen molar-refractivity contribution in [3.05, 3.63) is 35.1 Å². The third kappa shape index (κ3) is 1.85. The van der Waals surface area contributed by atoms with E-state index in [1.807, 2.05) is 0 Å². The summed E-state index contributed by atoms with van der Waals surface area (Å²) in [5.74, 6) is -2.80. The monoisotopic (exact) mass is 188 g/mol. The number of benzene rings is 1. The first kappa shape index (κ1) is 10.1. The van der Waals surface area contributed by atoms with E-state index in [-0.39, 0.29) is 5.56 Å². The maximum atomic E-state index is 13.1. The van der Waals surface area contributed by atoms with Gasteiger partial charge >= 0.3 is 0 Å². The Kier molecular flexibility index (Phi) is 2.37. The second-order valence-electron chi connectivity index (χ2n) is 3.97. The van der Waals surface area contributed by atoms with Gasteiger partial charge in [-0.05, 0) is 17.5 Å². The summed E-state index contributed by atoms with van der Waals surface area (Å²) >= 11 is 0. The van der Waals surface area contributed by atoms with Crippen molar-refractivity contribution < 1.29 is 13.2 Å². The molecule has 0 aliphatic heterocycles. The average molecular weight is 188 g/mol. The van der Waals surface area contributed by atoms with Crippen molar-refractivity contribution in [2.75, 3.05) is 0 Å². The fourth-order valence-corrected chi connectivity index (χ4v) is 1.21. The zero-order chi connectivity index (χ0) is 10.2. The first-order valence-electron chi connectivity index (χ1n) is 3.98. The van der Waals surface area contributed by atoms with Crippen molar-refractivity contribution in [1.82, 2.24) is 0 Å². The van der Waals surface area contributed by atoms with E-state index in [4.69, 9.17) is 0 Å². The molecular formula is C10H11F3. The Morgan fingerprint density at radius 1 is 0.923 bits per heavy atom. The highest BCUT2D eigenvalue weighted by Crippen LogP contribution is 2.28. The topological polar surface area (TPSA) is 0 Å². The van der Waals surface area contributed by atoms with Gasteiger partial charge in [0.2, 0.25) is 0 Å². The molecule has 0 aromatic heterocycles. The lowest BCUT2D eigenvalue weighted by Gasteiger charge is -2.20. The quantitative estimate of drug-likeness (QED) is 0.547. The largest absolute Gasteiger partial charge is 0.207 e. The van der Waals surface area contributed by atoms with Crippen molar-refractivity contribution in [2.45, 2.75) is 26.2 Å². The van der Waals surface area contributed by atoms with Gasteiger partial charge in [-0.1, -0.05) is 20.8 Å². The fraction of sp³-hybridized carbons (Fsp3) is 0.400. The molecule has 0 aliphatic rings. The predicted octanol–water partition coefficient (Wildman–Crippen LogP) is 3.40. The molecule has 0 atom stereocenters. The van der Waals surface area contributed by atoms with Gasteiger partial charge in [0.1, 0.15) is 5.82 Å². The number of halogens is 3. The molecule has 0 amide bonds. The smallest absolute Gasteiger partial charge is 0.165 e. The van der Waals surface area contributed by atoms with E-state index in [1.54, 1.807) is 20.8 Å². The van der Waals surface area contributed by atoms with Crippen LogP contribution in [0, 0.1) is 17.5 Å². The van der Waals surface area contributed by atoms with Gasteiger partial charge in [0, 0.05) is 5.56 Å². The maximum absolute atomic E-state index is 13.1. The second kappa shape index (κ2) is 3.05. The fourth-order valence-electron chi connectivity index (χ4n) is 1.21. The molecule has 0 saturated heterocycles. The summed E-state index contributed by atoms with van der Waals surface area (Å²) in [5.41, 5.74) is -0.927. The lowest BCUT2D eigenvalue weighted by Crippen LogP contribution is -2.17. The Balaban J connectivity index is 3.43. The Bertz CT molecular complexity index is 324. The van der Waals surface area contributed by atoms with Crippen LogP contribution in [0.4, 0.5) is 13.2 Å². The van der Waals surface area contributed by atoms with E-state index in [1.165, 1.54) is 0 Å². The molecule has 0 nitrogen and oxygen atoms in total. The molecule has 3 heteroatoms. The van der Waals surface area contributed by atoms with Crippen LogP contribution in [0.25, 0.3) is 0 Å². The highest BCUT2D eigenvalue weighted by Gasteiger charge is 2.24. The summed E-state index contributed by atoms with van der Waals surface area (Å²) in [4.78, 5) is 0. The lowest BCUT2D eigenvalue weighted by molar-refractivity contribution is 0.436. The first-order valence-corrected chi connectivity index (χ1v) is 3.98. The van der Waals surface area contributed by atoms with Gasteiger partial charge in [-0.3, -0.25) is 0 Å². The minimum Gasteiger partial charge on any atom is -0.207 e. The molecule has 1 aromatic rings. The van der Waals surface area contributed by atoms with Gasteiger partial charge in [0.05, 0.1) is 0 Å². The highest BCUT2D eigenvalue weighted by atomic mass is 19.2. The van der Waals surface area contributed by atoms with Crippen LogP contribution in [0.1, 0.15) is 26.3 Å². The molecule has 0 aliphatic carbocycles. The summed E-state index contributed by atoms with van der Waals surface area (Å²) in [6.45, 7) is 4.90. The third-order valence-electron chi connectivity index (χ3n) is 1.79. The first-order chi connectivity index (χ1) is 5.84. The van der Waals surface area contributed by atoms with Gasteiger partial charge in [-0.2, -0.15) is 0 Å². The molecule has 0 heterocycles. The molecule has 1 rings (SSSR count). The van der Waals surface area contributed by atoms with E-state index >= 15 is 0 Å². The van der Waals surface area contributed by atoms with Gasteiger partial charge in [-0.25, -0.2) is 13.2 Å². The standard InChI is InChI=1S/C10H11F3/c1-10(2,3)8-6(11)4-5-7(12)9(8)13/h4-5H,1-3H3. The molecule has 0 N–H and O–H groups in total. The van der Waals surface area contributed by atoms with E-state index in [0.717, 1.165) is 12.1 Å². The zero-order valence-corrected chi connectivity index (χ0v) is 7.79. The molecule has 0 fully saturated rings. The van der Waals surface area contributed by atoms with Crippen LogP contribution in [-0.2, 0) is 5.41 Å². The highest BCUT2D eigenvalue weighted by molar-refractivity contribution is 5.27. The molecule has 0 bridgehead atoms. The Labute approximate surface area is 75.4 Å². The van der Waals surface area contributed by atoms with Crippen LogP contribution in [0.2, 0.25) is 0 Å². The third-order valence-corrected chi connectivity index (χ3v) is 1.79. The summed E-state index contributed by atoms with van der Waals surface area (Å²) in [7, 11) is 0. The van der Waals surface area contributed by atoms with E-state index < -0.39 is 22.9 Å². The molecule has 0 unspecified atom stereocenters. The van der Waals surface area contributed by atoms with E-state index in [0.29, 0.717) is 0 Å². The zero-order valence-electron chi connectivity index (χ0n) is 7.79. The van der Waals surface area contributed by atoms with Crippen molar-refractivity contribution in [3.8, 4) is 0 Å². The minimum absolute atomic E-state index is 0.201. The SMILES string of the molecule is CC(C)(C)c1c(F)ccc(F)c1F. The van der Waals surface area contributed by atoms with Gasteiger partial charge < -0.3 is 0 Å². The Morgan fingerprint density at radius 3 is 1.77 bits per heavy atom. The molecule has 0 radical (unpaired) electrons. The van der Waals surface area contributed by atoms with Gasteiger partial charge in [0.15, 0.2) is 11.6 Å². The van der Waals surface area contributed by atoms with Crippen LogP contribution in [0.15, 0.2) is 12.1 Å². The minimum atomic E-state index is -1.09. The van der Waals surface area contributed by atoms with E-state index in [2.05, 4.69) is 0 Å². The summed E-state index contributed by atoms with van der Waals surface area (Å²) < 4.78 is 39.0. The van der Waals surface area contributed by atoms with Crippen LogP contribution in [0.3, 0.4) is 0 Å². The number of hydrogen-bond acceptors (Lipinski definition) is 0. The molecule has 13 heavy (non-hydrogen) atoms. The Hall–Kier alpha value is -0.990. The van der Waals surface area contributed by atoms with Crippen LogP contribution < -0.4 is 0 Å². The predicted molar refractivity (Wildman–Crippen MR) is 45.0 cm³/mol. The summed E-state index contributed by atoms with van der Waals surface area (Å²) in [5, 5.41) is 0. The van der Waals surface area contributed by atoms with Crippen LogP contribution >= 0.6 is 0 Å². The van der Waals surface area contributed by atoms with Crippen molar-refractivity contribution in [3.63, 3.8) is 0 Å². The van der Waals surface area contributed by atoms with Gasteiger partial charge in [0.25, 0.3) is 0 Å². The normalized spacial score (nSPS) is 11.8. The van der Waals surface area contributed by atoms with Crippen LogP contribution in [0.5, 0.6) is 0 Å². The summed E-state index contributed by atoms with van der Waals surface area (Å²) in [6, 6.07) is 1.74. The molecular weight excluding hydrogens is 177 g/mol. The Morgan fingerprint density at radius 2 is 1.38 bits per heavy atom. The average Bonchev–Trinajstić information content (AvgIpc) is 1.95. The summed E-state index contributed by atoms with van der Waals surface area (Å²) in [6.07, 6.45) is 0. The van der Waals surface area contributed by atoms with Crippen molar-refractivity contribution >= 4 is 0 Å². The molecule has 0 spiro atoms. The van der Waals surface area contributed by atoms with Crippen molar-refractivity contribution in [2.24, 2.45) is 0 Å². The van der Waals surface area contributed by atoms with E-state index in [9.17, 15) is 13.2 Å². The second-order valence-corrected chi connectivity index (χ2v) is 3.97.